The highest BCUT2D eigenvalue weighted by Crippen LogP contribution is 2.18. The predicted molar refractivity (Wildman–Crippen MR) is 108 cm³/mol. The SMILES string of the molecule is COC(=O)c1cccc(Nc2ccc(C(=O)NCc3ccc(Cl)cc3)nc2)c1. The van der Waals surface area contributed by atoms with Crippen LogP contribution in [0.2, 0.25) is 5.02 Å². The van der Waals surface area contributed by atoms with E-state index in [1.165, 1.54) is 7.11 Å². The Morgan fingerprint density at radius 2 is 1.82 bits per heavy atom. The van der Waals surface area contributed by atoms with E-state index >= 15 is 0 Å². The summed E-state index contributed by atoms with van der Waals surface area (Å²) in [5.41, 5.74) is 3.10. The number of hydrogen-bond donors (Lipinski definition) is 2. The molecule has 2 N–H and O–H groups in total. The van der Waals surface area contributed by atoms with Crippen molar-refractivity contribution in [2.75, 3.05) is 12.4 Å². The first-order chi connectivity index (χ1) is 13.5. The minimum absolute atomic E-state index is 0.269. The van der Waals surface area contributed by atoms with Crippen LogP contribution in [0.25, 0.3) is 0 Å². The molecule has 142 valence electrons. The molecule has 0 bridgehead atoms. The van der Waals surface area contributed by atoms with Gasteiger partial charge in [-0.25, -0.2) is 9.78 Å². The average Bonchev–Trinajstić information content (AvgIpc) is 2.73. The summed E-state index contributed by atoms with van der Waals surface area (Å²) in [5, 5.41) is 6.60. The first-order valence-electron chi connectivity index (χ1n) is 8.49. The molecule has 0 aliphatic rings. The maximum absolute atomic E-state index is 12.2. The zero-order chi connectivity index (χ0) is 19.9. The summed E-state index contributed by atoms with van der Waals surface area (Å²) in [6.45, 7) is 0.387. The van der Waals surface area contributed by atoms with Gasteiger partial charge >= 0.3 is 5.97 Å². The molecule has 3 aromatic rings. The van der Waals surface area contributed by atoms with Gasteiger partial charge in [0.25, 0.3) is 5.91 Å². The lowest BCUT2D eigenvalue weighted by Gasteiger charge is -2.09. The largest absolute Gasteiger partial charge is 0.465 e. The fourth-order valence-electron chi connectivity index (χ4n) is 2.49. The number of nitrogens with one attached hydrogen (secondary N) is 2. The second kappa shape index (κ2) is 9.01. The Morgan fingerprint density at radius 3 is 2.50 bits per heavy atom. The summed E-state index contributed by atoms with van der Waals surface area (Å²) in [7, 11) is 1.34. The number of anilines is 2. The maximum atomic E-state index is 12.2. The molecule has 28 heavy (non-hydrogen) atoms. The molecular formula is C21H18ClN3O3. The Bertz CT molecular complexity index is 973. The number of pyridine rings is 1. The van der Waals surface area contributed by atoms with Crippen LogP contribution in [0.4, 0.5) is 11.4 Å². The first-order valence-corrected chi connectivity index (χ1v) is 8.87. The van der Waals surface area contributed by atoms with Crippen LogP contribution in [-0.2, 0) is 11.3 Å². The fourth-order valence-corrected chi connectivity index (χ4v) is 2.61. The quantitative estimate of drug-likeness (QED) is 0.611. The maximum Gasteiger partial charge on any atom is 0.337 e. The summed E-state index contributed by atoms with van der Waals surface area (Å²) in [5.74, 6) is -0.677. The number of carbonyl (C=O) groups is 2. The highest BCUT2D eigenvalue weighted by molar-refractivity contribution is 6.30. The molecular weight excluding hydrogens is 378 g/mol. The zero-order valence-corrected chi connectivity index (χ0v) is 15.9. The van der Waals surface area contributed by atoms with Gasteiger partial charge in [-0.3, -0.25) is 4.79 Å². The molecule has 6 nitrogen and oxygen atoms in total. The van der Waals surface area contributed by atoms with Gasteiger partial charge in [0, 0.05) is 17.3 Å². The van der Waals surface area contributed by atoms with E-state index in [0.717, 1.165) is 5.56 Å². The lowest BCUT2D eigenvalue weighted by molar-refractivity contribution is 0.0600. The van der Waals surface area contributed by atoms with Crippen molar-refractivity contribution in [2.24, 2.45) is 0 Å². The number of hydrogen-bond acceptors (Lipinski definition) is 5. The minimum Gasteiger partial charge on any atom is -0.465 e. The number of nitrogens with zero attached hydrogens (tertiary/aromatic N) is 1. The number of benzene rings is 2. The van der Waals surface area contributed by atoms with E-state index in [-0.39, 0.29) is 5.91 Å². The molecule has 0 fully saturated rings. The highest BCUT2D eigenvalue weighted by atomic mass is 35.5. The zero-order valence-electron chi connectivity index (χ0n) is 15.1. The monoisotopic (exact) mass is 395 g/mol. The van der Waals surface area contributed by atoms with E-state index in [1.54, 1.807) is 48.7 Å². The van der Waals surface area contributed by atoms with Crippen LogP contribution >= 0.6 is 11.6 Å². The number of rotatable bonds is 6. The molecule has 0 unspecified atom stereocenters. The van der Waals surface area contributed by atoms with Gasteiger partial charge in [-0.05, 0) is 48.0 Å². The summed E-state index contributed by atoms with van der Waals surface area (Å²) >= 11 is 5.85. The van der Waals surface area contributed by atoms with Gasteiger partial charge in [-0.1, -0.05) is 29.8 Å². The fraction of sp³-hybridized carbons (Fsp3) is 0.0952. The Morgan fingerprint density at radius 1 is 1.04 bits per heavy atom. The van der Waals surface area contributed by atoms with Gasteiger partial charge in [0.05, 0.1) is 24.6 Å². The number of carbonyl (C=O) groups excluding carboxylic acids is 2. The molecule has 3 rings (SSSR count). The Hall–Kier alpha value is -3.38. The third-order valence-corrected chi connectivity index (χ3v) is 4.19. The van der Waals surface area contributed by atoms with Crippen molar-refractivity contribution in [2.45, 2.75) is 6.54 Å². The number of esters is 1. The summed E-state index contributed by atoms with van der Waals surface area (Å²) in [4.78, 5) is 28.0. The van der Waals surface area contributed by atoms with E-state index in [1.807, 2.05) is 18.2 Å². The van der Waals surface area contributed by atoms with Crippen molar-refractivity contribution in [1.82, 2.24) is 10.3 Å². The smallest absolute Gasteiger partial charge is 0.337 e. The Balaban J connectivity index is 1.60. The molecule has 0 saturated heterocycles. The van der Waals surface area contributed by atoms with Gasteiger partial charge < -0.3 is 15.4 Å². The second-order valence-corrected chi connectivity index (χ2v) is 6.38. The van der Waals surface area contributed by atoms with Crippen LogP contribution in [-0.4, -0.2) is 24.0 Å². The van der Waals surface area contributed by atoms with Gasteiger partial charge in [0.2, 0.25) is 0 Å². The molecule has 1 amide bonds. The number of methoxy groups -OCH3 is 1. The molecule has 0 radical (unpaired) electrons. The van der Waals surface area contributed by atoms with Gasteiger partial charge in [0.15, 0.2) is 0 Å². The van der Waals surface area contributed by atoms with Crippen molar-refractivity contribution >= 4 is 34.9 Å². The van der Waals surface area contributed by atoms with Crippen LogP contribution in [0, 0.1) is 0 Å². The van der Waals surface area contributed by atoms with Crippen LogP contribution < -0.4 is 10.6 Å². The Kier molecular flexibility index (Phi) is 6.24. The van der Waals surface area contributed by atoms with Crippen LogP contribution in [0.3, 0.4) is 0 Å². The topological polar surface area (TPSA) is 80.3 Å². The molecule has 1 heterocycles. The number of halogens is 1. The molecule has 0 aliphatic heterocycles. The lowest BCUT2D eigenvalue weighted by Crippen LogP contribution is -2.23. The molecule has 1 aromatic heterocycles. The van der Waals surface area contributed by atoms with Crippen molar-refractivity contribution in [3.8, 4) is 0 Å². The van der Waals surface area contributed by atoms with E-state index in [2.05, 4.69) is 15.6 Å². The van der Waals surface area contributed by atoms with E-state index < -0.39 is 5.97 Å². The molecule has 0 aliphatic carbocycles. The summed E-state index contributed by atoms with van der Waals surface area (Å²) in [6.07, 6.45) is 1.56. The first kappa shape index (κ1) is 19.4. The van der Waals surface area contributed by atoms with Crippen molar-refractivity contribution in [3.05, 3.63) is 88.7 Å². The van der Waals surface area contributed by atoms with Gasteiger partial charge in [-0.2, -0.15) is 0 Å². The standard InChI is InChI=1S/C21H18ClN3O3/c1-28-21(27)15-3-2-4-17(11-15)25-18-9-10-19(23-13-18)20(26)24-12-14-5-7-16(22)8-6-14/h2-11,13,25H,12H2,1H3,(H,24,26). The molecule has 0 spiro atoms. The van der Waals surface area contributed by atoms with Gasteiger partial charge in [0.1, 0.15) is 5.69 Å². The molecule has 0 atom stereocenters. The molecule has 2 aromatic carbocycles. The van der Waals surface area contributed by atoms with E-state index in [9.17, 15) is 9.59 Å². The second-order valence-electron chi connectivity index (χ2n) is 5.94. The van der Waals surface area contributed by atoms with Crippen molar-refractivity contribution in [1.29, 1.82) is 0 Å². The number of ether oxygens (including phenoxy) is 1. The average molecular weight is 396 g/mol. The molecule has 7 heteroatoms. The summed E-state index contributed by atoms with van der Waals surface area (Å²) in [6, 6.07) is 17.5. The van der Waals surface area contributed by atoms with Gasteiger partial charge in [-0.15, -0.1) is 0 Å². The van der Waals surface area contributed by atoms with E-state index in [0.29, 0.717) is 34.2 Å². The number of aromatic nitrogens is 1. The highest BCUT2D eigenvalue weighted by Gasteiger charge is 2.08. The lowest BCUT2D eigenvalue weighted by atomic mass is 10.2. The van der Waals surface area contributed by atoms with Crippen LogP contribution in [0.5, 0.6) is 0 Å². The predicted octanol–water partition coefficient (Wildman–Crippen LogP) is 4.20. The van der Waals surface area contributed by atoms with Crippen molar-refractivity contribution < 1.29 is 14.3 Å². The third-order valence-electron chi connectivity index (χ3n) is 3.93. The third kappa shape index (κ3) is 5.08. The summed E-state index contributed by atoms with van der Waals surface area (Å²) < 4.78 is 4.71. The van der Waals surface area contributed by atoms with Crippen LogP contribution in [0.1, 0.15) is 26.4 Å². The minimum atomic E-state index is -0.408. The normalized spacial score (nSPS) is 10.2. The van der Waals surface area contributed by atoms with Crippen molar-refractivity contribution in [3.63, 3.8) is 0 Å². The number of amides is 1. The Labute approximate surface area is 167 Å². The van der Waals surface area contributed by atoms with E-state index in [4.69, 9.17) is 16.3 Å². The van der Waals surface area contributed by atoms with Crippen LogP contribution in [0.15, 0.2) is 66.9 Å². The molecule has 0 saturated carbocycles.